The maximum Gasteiger partial charge on any atom is 0.289 e. The lowest BCUT2D eigenvalue weighted by Gasteiger charge is -2.47. The molecular formula is C20H26N2O5. The largest absolute Gasteiger partial charge is 0.456 e. The minimum absolute atomic E-state index is 0.0429. The molecule has 7 nitrogen and oxygen atoms in total. The van der Waals surface area contributed by atoms with Gasteiger partial charge < -0.3 is 19.3 Å². The van der Waals surface area contributed by atoms with E-state index in [2.05, 4.69) is 0 Å². The van der Waals surface area contributed by atoms with E-state index in [1.165, 1.54) is 12.1 Å². The molecule has 3 heterocycles. The van der Waals surface area contributed by atoms with E-state index >= 15 is 0 Å². The van der Waals surface area contributed by atoms with Gasteiger partial charge in [-0.05, 0) is 44.9 Å². The number of piperidine rings is 2. The Morgan fingerprint density at radius 2 is 1.96 bits per heavy atom. The molecule has 1 atom stereocenters. The predicted molar refractivity (Wildman–Crippen MR) is 97.2 cm³/mol. The van der Waals surface area contributed by atoms with Crippen LogP contribution >= 0.6 is 0 Å². The number of likely N-dealkylation sites (tertiary alicyclic amines) is 2. The molecule has 4 rings (SSSR count). The van der Waals surface area contributed by atoms with Crippen molar-refractivity contribution in [3.63, 3.8) is 0 Å². The van der Waals surface area contributed by atoms with E-state index in [0.717, 1.165) is 19.4 Å². The highest BCUT2D eigenvalue weighted by atomic mass is 16.3. The van der Waals surface area contributed by atoms with Gasteiger partial charge in [-0.15, -0.1) is 0 Å². The van der Waals surface area contributed by atoms with Crippen LogP contribution in [0.1, 0.15) is 48.4 Å². The summed E-state index contributed by atoms with van der Waals surface area (Å²) in [5.74, 6) is 0.849. The molecule has 0 radical (unpaired) electrons. The number of nitrogens with zero attached hydrogens (tertiary/aromatic N) is 2. The summed E-state index contributed by atoms with van der Waals surface area (Å²) in [6, 6.07) is 2.56. The fourth-order valence-electron chi connectivity index (χ4n) is 4.47. The molecule has 2 amide bonds. The monoisotopic (exact) mass is 374 g/mol. The number of hydrogen-bond acceptors (Lipinski definition) is 5. The van der Waals surface area contributed by atoms with Gasteiger partial charge in [0.05, 0.1) is 11.5 Å². The zero-order valence-electron chi connectivity index (χ0n) is 15.6. The fourth-order valence-corrected chi connectivity index (χ4v) is 4.47. The third-order valence-corrected chi connectivity index (χ3v) is 6.08. The van der Waals surface area contributed by atoms with Gasteiger partial charge in [0.2, 0.25) is 5.91 Å². The quantitative estimate of drug-likeness (QED) is 0.858. The van der Waals surface area contributed by atoms with Gasteiger partial charge in [-0.25, -0.2) is 0 Å². The Kier molecular flexibility index (Phi) is 4.58. The van der Waals surface area contributed by atoms with Crippen LogP contribution in [0.3, 0.4) is 0 Å². The van der Waals surface area contributed by atoms with Crippen molar-refractivity contribution in [3.05, 3.63) is 33.9 Å². The van der Waals surface area contributed by atoms with Crippen molar-refractivity contribution < 1.29 is 19.1 Å². The zero-order chi connectivity index (χ0) is 19.2. The van der Waals surface area contributed by atoms with E-state index in [-0.39, 0.29) is 23.0 Å². The van der Waals surface area contributed by atoms with E-state index in [9.17, 15) is 19.5 Å². The summed E-state index contributed by atoms with van der Waals surface area (Å²) >= 11 is 0. The number of rotatable bonds is 3. The van der Waals surface area contributed by atoms with Crippen LogP contribution < -0.4 is 5.43 Å². The van der Waals surface area contributed by atoms with Gasteiger partial charge in [0.1, 0.15) is 5.76 Å². The van der Waals surface area contributed by atoms with Crippen molar-refractivity contribution in [1.29, 1.82) is 0 Å². The lowest BCUT2D eigenvalue weighted by Crippen LogP contribution is -2.58. The third kappa shape index (κ3) is 3.65. The summed E-state index contributed by atoms with van der Waals surface area (Å²) in [6.45, 7) is 3.65. The van der Waals surface area contributed by atoms with Crippen LogP contribution in [-0.4, -0.2) is 59.0 Å². The minimum Gasteiger partial charge on any atom is -0.456 e. The van der Waals surface area contributed by atoms with E-state index in [1.807, 2.05) is 4.90 Å². The highest BCUT2D eigenvalue weighted by Crippen LogP contribution is 2.42. The number of aryl methyl sites for hydroxylation is 1. The maximum absolute atomic E-state index is 13.1. The molecule has 1 aromatic rings. The second-order valence-corrected chi connectivity index (χ2v) is 8.35. The first-order chi connectivity index (χ1) is 12.9. The number of hydrogen-bond donors (Lipinski definition) is 1. The summed E-state index contributed by atoms with van der Waals surface area (Å²) in [5, 5.41) is 10.3. The Morgan fingerprint density at radius 3 is 2.59 bits per heavy atom. The Bertz CT molecular complexity index is 803. The van der Waals surface area contributed by atoms with Crippen LogP contribution in [0.5, 0.6) is 0 Å². The molecule has 1 aliphatic carbocycles. The first-order valence-electron chi connectivity index (χ1n) is 9.75. The Labute approximate surface area is 157 Å². The zero-order valence-corrected chi connectivity index (χ0v) is 15.6. The summed E-state index contributed by atoms with van der Waals surface area (Å²) in [7, 11) is 0. The van der Waals surface area contributed by atoms with Gasteiger partial charge in [-0.2, -0.15) is 0 Å². The van der Waals surface area contributed by atoms with E-state index in [0.29, 0.717) is 50.6 Å². The van der Waals surface area contributed by atoms with Crippen LogP contribution in [0.25, 0.3) is 0 Å². The molecule has 1 saturated carbocycles. The van der Waals surface area contributed by atoms with E-state index in [1.54, 1.807) is 11.8 Å². The van der Waals surface area contributed by atoms with E-state index in [4.69, 9.17) is 4.42 Å². The molecule has 7 heteroatoms. The third-order valence-electron chi connectivity index (χ3n) is 6.08. The maximum atomic E-state index is 13.1. The molecule has 3 fully saturated rings. The number of carbonyl (C=O) groups is 2. The number of aliphatic hydroxyl groups is 1. The lowest BCUT2D eigenvalue weighted by atomic mass is 9.70. The molecule has 146 valence electrons. The average Bonchev–Trinajstić information content (AvgIpc) is 3.43. The second kappa shape index (κ2) is 6.78. The number of aliphatic hydroxyl groups excluding tert-OH is 1. The second-order valence-electron chi connectivity index (χ2n) is 8.35. The molecule has 2 saturated heterocycles. The van der Waals surface area contributed by atoms with Gasteiger partial charge in [0.15, 0.2) is 11.2 Å². The van der Waals surface area contributed by atoms with Crippen molar-refractivity contribution in [2.75, 3.05) is 26.2 Å². The van der Waals surface area contributed by atoms with Gasteiger partial charge in [-0.3, -0.25) is 14.4 Å². The van der Waals surface area contributed by atoms with Crippen LogP contribution in [0.2, 0.25) is 0 Å². The van der Waals surface area contributed by atoms with Gasteiger partial charge >= 0.3 is 0 Å². The topological polar surface area (TPSA) is 91.1 Å². The first kappa shape index (κ1) is 18.2. The summed E-state index contributed by atoms with van der Waals surface area (Å²) in [5.41, 5.74) is -0.826. The average molecular weight is 374 g/mol. The van der Waals surface area contributed by atoms with Crippen LogP contribution in [0, 0.1) is 18.3 Å². The summed E-state index contributed by atoms with van der Waals surface area (Å²) in [4.78, 5) is 40.9. The van der Waals surface area contributed by atoms with Crippen molar-refractivity contribution in [2.24, 2.45) is 11.3 Å². The number of carbonyl (C=O) groups excluding carboxylic acids is 2. The molecule has 1 spiro atoms. The van der Waals surface area contributed by atoms with Crippen LogP contribution in [0.15, 0.2) is 21.3 Å². The number of amides is 2. The highest BCUT2D eigenvalue weighted by molar-refractivity contribution is 5.92. The van der Waals surface area contributed by atoms with E-state index < -0.39 is 11.5 Å². The first-order valence-corrected chi connectivity index (χ1v) is 9.75. The summed E-state index contributed by atoms with van der Waals surface area (Å²) in [6.07, 6.45) is 3.36. The Morgan fingerprint density at radius 1 is 1.26 bits per heavy atom. The molecule has 0 aromatic carbocycles. The van der Waals surface area contributed by atoms with Gasteiger partial charge in [0, 0.05) is 38.3 Å². The smallest absolute Gasteiger partial charge is 0.289 e. The predicted octanol–water partition coefficient (Wildman–Crippen LogP) is 1.17. The Hall–Kier alpha value is -2.15. The highest BCUT2D eigenvalue weighted by Gasteiger charge is 2.49. The molecule has 3 aliphatic rings. The molecule has 1 unspecified atom stereocenters. The standard InChI is InChI=1S/C20H26N2O5/c1-13-8-15(23)9-17(27-13)18(25)21-6-4-20(5-7-21)10-16(24)12-22(19(20)26)11-14-2-3-14/h8-9,14,16,24H,2-7,10-12H2,1H3. The van der Waals surface area contributed by atoms with Crippen LogP contribution in [-0.2, 0) is 4.79 Å². The molecule has 1 N–H and O–H groups in total. The lowest BCUT2D eigenvalue weighted by molar-refractivity contribution is -0.156. The van der Waals surface area contributed by atoms with Crippen LogP contribution in [0.4, 0.5) is 0 Å². The minimum atomic E-state index is -0.573. The van der Waals surface area contributed by atoms with Crippen molar-refractivity contribution in [3.8, 4) is 0 Å². The molecular weight excluding hydrogens is 348 g/mol. The fraction of sp³-hybridized carbons (Fsp3) is 0.650. The van der Waals surface area contributed by atoms with Crippen molar-refractivity contribution in [2.45, 2.75) is 45.1 Å². The normalized spacial score (nSPS) is 25.1. The molecule has 1 aromatic heterocycles. The SMILES string of the molecule is Cc1cc(=O)cc(C(=O)N2CCC3(CC2)CC(O)CN(CC2CC2)C3=O)o1. The number of β-amino-alcohol motifs (C(OH)–C–C–N with tert-alkyl or cyclic N) is 1. The van der Waals surface area contributed by atoms with Gasteiger partial charge in [0.25, 0.3) is 5.91 Å². The van der Waals surface area contributed by atoms with Gasteiger partial charge in [-0.1, -0.05) is 0 Å². The Balaban J connectivity index is 1.46. The van der Waals surface area contributed by atoms with Crippen molar-refractivity contribution >= 4 is 11.8 Å². The molecule has 0 bridgehead atoms. The molecule has 2 aliphatic heterocycles. The van der Waals surface area contributed by atoms with Crippen molar-refractivity contribution in [1.82, 2.24) is 9.80 Å². The molecule has 27 heavy (non-hydrogen) atoms. The summed E-state index contributed by atoms with van der Waals surface area (Å²) < 4.78 is 5.41.